The molecule has 6 nitrogen and oxygen atoms in total. The second-order valence-electron chi connectivity index (χ2n) is 3.41. The van der Waals surface area contributed by atoms with Crippen molar-refractivity contribution in [2.75, 3.05) is 22.4 Å². The second kappa shape index (κ2) is 5.65. The van der Waals surface area contributed by atoms with Crippen molar-refractivity contribution in [3.63, 3.8) is 0 Å². The molecule has 0 heterocycles. The van der Waals surface area contributed by atoms with Gasteiger partial charge in [0.25, 0.3) is 0 Å². The van der Waals surface area contributed by atoms with E-state index in [1.54, 1.807) is 18.2 Å². The van der Waals surface area contributed by atoms with Crippen molar-refractivity contribution < 1.29 is 18.3 Å². The highest BCUT2D eigenvalue weighted by atomic mass is 32.2. The summed E-state index contributed by atoms with van der Waals surface area (Å²) in [7, 11) is -3.54. The van der Waals surface area contributed by atoms with Gasteiger partial charge in [0, 0.05) is 12.6 Å². The smallest absolute Gasteiger partial charge is 0.234 e. The molecule has 94 valence electrons. The van der Waals surface area contributed by atoms with Crippen LogP contribution in [0, 0.1) is 0 Å². The van der Waals surface area contributed by atoms with Crippen molar-refractivity contribution in [3.8, 4) is 0 Å². The number of carbonyl (C=O) groups excluding carboxylic acids is 1. The molecule has 0 aliphatic carbocycles. The Hall–Kier alpha value is -1.60. The van der Waals surface area contributed by atoms with Crippen molar-refractivity contribution in [2.45, 2.75) is 6.92 Å². The minimum atomic E-state index is -3.54. The molecule has 0 spiro atoms. The maximum Gasteiger partial charge on any atom is 0.234 e. The summed E-state index contributed by atoms with van der Waals surface area (Å²) in [5.41, 5.74) is 0.839. The van der Waals surface area contributed by atoms with Gasteiger partial charge < -0.3 is 10.4 Å². The van der Waals surface area contributed by atoms with Crippen molar-refractivity contribution in [2.24, 2.45) is 0 Å². The van der Waals surface area contributed by atoms with Crippen LogP contribution in [0.2, 0.25) is 0 Å². The highest BCUT2D eigenvalue weighted by Crippen LogP contribution is 2.16. The third kappa shape index (κ3) is 4.83. The molecule has 0 aromatic heterocycles. The number of aliphatic hydroxyl groups excluding tert-OH is 1. The van der Waals surface area contributed by atoms with Crippen LogP contribution in [0.15, 0.2) is 24.3 Å². The molecule has 0 aliphatic heterocycles. The Kier molecular flexibility index (Phi) is 4.47. The van der Waals surface area contributed by atoms with Gasteiger partial charge in [0.1, 0.15) is 0 Å². The fraction of sp³-hybridized carbons (Fsp3) is 0.300. The van der Waals surface area contributed by atoms with Crippen LogP contribution in [-0.4, -0.2) is 31.8 Å². The largest absolute Gasteiger partial charge is 0.395 e. The number of rotatable bonds is 5. The minimum Gasteiger partial charge on any atom is -0.395 e. The van der Waals surface area contributed by atoms with E-state index in [2.05, 4.69) is 10.0 Å². The first-order chi connectivity index (χ1) is 7.93. The Bertz CT molecular complexity index is 499. The topological polar surface area (TPSA) is 95.5 Å². The normalized spacial score (nSPS) is 10.9. The SMILES string of the molecule is CC(=O)Nc1cccc(NS(=O)(=O)CCO)c1. The van der Waals surface area contributed by atoms with Crippen LogP contribution < -0.4 is 10.0 Å². The predicted octanol–water partition coefficient (Wildman–Crippen LogP) is 0.379. The second-order valence-corrected chi connectivity index (χ2v) is 5.25. The molecule has 1 rings (SSSR count). The molecule has 1 aromatic carbocycles. The van der Waals surface area contributed by atoms with Gasteiger partial charge >= 0.3 is 0 Å². The maximum absolute atomic E-state index is 11.4. The van der Waals surface area contributed by atoms with E-state index in [9.17, 15) is 13.2 Å². The average molecular weight is 258 g/mol. The predicted molar refractivity (Wildman–Crippen MR) is 65.2 cm³/mol. The van der Waals surface area contributed by atoms with Gasteiger partial charge in [-0.3, -0.25) is 9.52 Å². The first-order valence-corrected chi connectivity index (χ1v) is 6.57. The van der Waals surface area contributed by atoms with Crippen LogP contribution in [0.25, 0.3) is 0 Å². The maximum atomic E-state index is 11.4. The van der Waals surface area contributed by atoms with Gasteiger partial charge in [-0.2, -0.15) is 0 Å². The van der Waals surface area contributed by atoms with E-state index in [1.807, 2.05) is 0 Å². The third-order valence-electron chi connectivity index (χ3n) is 1.82. The van der Waals surface area contributed by atoms with Crippen LogP contribution in [-0.2, 0) is 14.8 Å². The van der Waals surface area contributed by atoms with Gasteiger partial charge in [-0.05, 0) is 18.2 Å². The Balaban J connectivity index is 2.82. The molecule has 17 heavy (non-hydrogen) atoms. The summed E-state index contributed by atoms with van der Waals surface area (Å²) >= 11 is 0. The number of aliphatic hydroxyl groups is 1. The Labute approximate surface area is 99.7 Å². The lowest BCUT2D eigenvalue weighted by Gasteiger charge is -2.08. The molecule has 0 fully saturated rings. The van der Waals surface area contributed by atoms with Crippen molar-refractivity contribution in [1.82, 2.24) is 0 Å². The lowest BCUT2D eigenvalue weighted by molar-refractivity contribution is -0.114. The molecule has 0 saturated carbocycles. The zero-order valence-corrected chi connectivity index (χ0v) is 10.1. The van der Waals surface area contributed by atoms with E-state index in [-0.39, 0.29) is 11.7 Å². The molecule has 1 aromatic rings. The summed E-state index contributed by atoms with van der Waals surface area (Å²) in [5, 5.41) is 11.1. The number of carbonyl (C=O) groups is 1. The monoisotopic (exact) mass is 258 g/mol. The summed E-state index contributed by atoms with van der Waals surface area (Å²) in [4.78, 5) is 10.8. The molecule has 7 heteroatoms. The fourth-order valence-electron chi connectivity index (χ4n) is 1.21. The summed E-state index contributed by atoms with van der Waals surface area (Å²) in [6.45, 7) is 0.920. The number of anilines is 2. The number of hydrogen-bond donors (Lipinski definition) is 3. The van der Waals surface area contributed by atoms with Gasteiger partial charge in [-0.1, -0.05) is 6.07 Å². The molecule has 0 atom stereocenters. The molecule has 0 radical (unpaired) electrons. The van der Waals surface area contributed by atoms with Crippen LogP contribution in [0.5, 0.6) is 0 Å². The first-order valence-electron chi connectivity index (χ1n) is 4.92. The molecular weight excluding hydrogens is 244 g/mol. The lowest BCUT2D eigenvalue weighted by Crippen LogP contribution is -2.19. The van der Waals surface area contributed by atoms with E-state index in [1.165, 1.54) is 13.0 Å². The number of sulfonamides is 1. The molecule has 1 amide bonds. The van der Waals surface area contributed by atoms with E-state index in [4.69, 9.17) is 5.11 Å². The number of nitrogens with one attached hydrogen (secondary N) is 2. The Morgan fingerprint density at radius 1 is 1.35 bits per heavy atom. The Morgan fingerprint density at radius 3 is 2.59 bits per heavy atom. The minimum absolute atomic E-state index is 0.236. The van der Waals surface area contributed by atoms with Gasteiger partial charge in [0.2, 0.25) is 15.9 Å². The summed E-state index contributed by atoms with van der Waals surface area (Å²) in [6.07, 6.45) is 0. The van der Waals surface area contributed by atoms with E-state index in [0.29, 0.717) is 11.4 Å². The van der Waals surface area contributed by atoms with E-state index in [0.717, 1.165) is 0 Å². The molecule has 0 saturated heterocycles. The highest BCUT2D eigenvalue weighted by molar-refractivity contribution is 7.92. The van der Waals surface area contributed by atoms with Crippen LogP contribution in [0.1, 0.15) is 6.92 Å². The lowest BCUT2D eigenvalue weighted by atomic mass is 10.3. The zero-order chi connectivity index (χ0) is 12.9. The van der Waals surface area contributed by atoms with Gasteiger partial charge in [0.05, 0.1) is 18.0 Å². The molecular formula is C10H14N2O4S. The van der Waals surface area contributed by atoms with Crippen molar-refractivity contribution in [1.29, 1.82) is 0 Å². The first kappa shape index (κ1) is 13.5. The highest BCUT2D eigenvalue weighted by Gasteiger charge is 2.09. The number of benzene rings is 1. The zero-order valence-electron chi connectivity index (χ0n) is 9.30. The van der Waals surface area contributed by atoms with Crippen molar-refractivity contribution >= 4 is 27.3 Å². The summed E-state index contributed by atoms with van der Waals surface area (Å²) in [5.74, 6) is -0.599. The molecule has 0 unspecified atom stereocenters. The third-order valence-corrected chi connectivity index (χ3v) is 3.08. The van der Waals surface area contributed by atoms with Crippen LogP contribution in [0.4, 0.5) is 11.4 Å². The van der Waals surface area contributed by atoms with Crippen molar-refractivity contribution in [3.05, 3.63) is 24.3 Å². The summed E-state index contributed by atoms with van der Waals surface area (Å²) in [6, 6.07) is 6.31. The number of hydrogen-bond acceptors (Lipinski definition) is 4. The molecule has 0 bridgehead atoms. The van der Waals surface area contributed by atoms with Crippen LogP contribution >= 0.6 is 0 Å². The average Bonchev–Trinajstić information content (AvgIpc) is 2.15. The molecule has 0 aliphatic rings. The van der Waals surface area contributed by atoms with E-state index >= 15 is 0 Å². The molecule has 3 N–H and O–H groups in total. The Morgan fingerprint density at radius 2 is 2.00 bits per heavy atom. The van der Waals surface area contributed by atoms with Gasteiger partial charge in [-0.15, -0.1) is 0 Å². The quantitative estimate of drug-likeness (QED) is 0.711. The van der Waals surface area contributed by atoms with E-state index < -0.39 is 16.6 Å². The van der Waals surface area contributed by atoms with Gasteiger partial charge in [-0.25, -0.2) is 8.42 Å². The number of amides is 1. The van der Waals surface area contributed by atoms with Crippen LogP contribution in [0.3, 0.4) is 0 Å². The standard InChI is InChI=1S/C10H14N2O4S/c1-8(14)11-9-3-2-4-10(7-9)12-17(15,16)6-5-13/h2-4,7,12-13H,5-6H2,1H3,(H,11,14). The van der Waals surface area contributed by atoms with Gasteiger partial charge in [0.15, 0.2) is 0 Å². The fourth-order valence-corrected chi connectivity index (χ4v) is 2.04. The summed E-state index contributed by atoms with van der Waals surface area (Å²) < 4.78 is 25.0.